The number of rotatable bonds is 1. The molecule has 0 aliphatic rings. The van der Waals surface area contributed by atoms with Crippen LogP contribution < -0.4 is 0 Å². The third kappa shape index (κ3) is 1.56. The second-order valence-corrected chi connectivity index (χ2v) is 3.74. The van der Waals surface area contributed by atoms with Crippen LogP contribution in [0, 0.1) is 12.7 Å². The zero-order chi connectivity index (χ0) is 11.8. The van der Waals surface area contributed by atoms with E-state index in [4.69, 9.17) is 0 Å². The molecule has 0 saturated heterocycles. The third-order valence-electron chi connectivity index (χ3n) is 2.62. The van der Waals surface area contributed by atoms with Gasteiger partial charge in [0, 0.05) is 6.20 Å². The molecule has 0 fully saturated rings. The Morgan fingerprint density at radius 3 is 2.65 bits per heavy atom. The average molecular weight is 228 g/mol. The number of halogens is 1. The quantitative estimate of drug-likeness (QED) is 0.641. The highest BCUT2D eigenvalue weighted by Crippen LogP contribution is 2.17. The maximum Gasteiger partial charge on any atom is 0.134 e. The van der Waals surface area contributed by atoms with Crippen molar-refractivity contribution in [2.45, 2.75) is 6.92 Å². The molecule has 0 spiro atoms. The maximum absolute atomic E-state index is 12.9. The number of hydrogen-bond acceptors (Lipinski definition) is 3. The summed E-state index contributed by atoms with van der Waals surface area (Å²) in [7, 11) is 0. The van der Waals surface area contributed by atoms with Gasteiger partial charge in [-0.2, -0.15) is 0 Å². The Balaban J connectivity index is 2.24. The van der Waals surface area contributed by atoms with Gasteiger partial charge in [0.15, 0.2) is 0 Å². The minimum atomic E-state index is -0.268. The number of fused-ring (bicyclic) bond motifs is 1. The smallest absolute Gasteiger partial charge is 0.134 e. The molecule has 3 aromatic rings. The van der Waals surface area contributed by atoms with Crippen LogP contribution in [0.2, 0.25) is 0 Å². The third-order valence-corrected chi connectivity index (χ3v) is 2.62. The van der Waals surface area contributed by atoms with Crippen LogP contribution in [-0.2, 0) is 0 Å². The Labute approximate surface area is 96.7 Å². The number of benzene rings is 1. The lowest BCUT2D eigenvalue weighted by atomic mass is 10.3. The lowest BCUT2D eigenvalue weighted by molar-refractivity contribution is 0.627. The topological polar surface area (TPSA) is 43.6 Å². The lowest BCUT2D eigenvalue weighted by Gasteiger charge is -2.01. The number of aromatic nitrogens is 4. The Hall–Kier alpha value is -2.30. The van der Waals surface area contributed by atoms with Crippen LogP contribution in [0.4, 0.5) is 4.39 Å². The molecule has 0 bridgehead atoms. The number of aryl methyl sites for hydroxylation is 1. The molecule has 3 rings (SSSR count). The van der Waals surface area contributed by atoms with Gasteiger partial charge in [0.2, 0.25) is 0 Å². The number of hydrogen-bond donors (Lipinski definition) is 0. The van der Waals surface area contributed by atoms with Gasteiger partial charge >= 0.3 is 0 Å². The molecule has 5 heteroatoms. The van der Waals surface area contributed by atoms with Crippen LogP contribution in [0.25, 0.3) is 16.7 Å². The van der Waals surface area contributed by atoms with Crippen LogP contribution in [-0.4, -0.2) is 20.0 Å². The van der Waals surface area contributed by atoms with Gasteiger partial charge in [-0.3, -0.25) is 4.98 Å². The van der Waals surface area contributed by atoms with Gasteiger partial charge < -0.3 is 0 Å². The molecule has 17 heavy (non-hydrogen) atoms. The molecule has 0 unspecified atom stereocenters. The first-order valence-corrected chi connectivity index (χ1v) is 5.18. The summed E-state index contributed by atoms with van der Waals surface area (Å²) in [5.41, 5.74) is 3.23. The minimum Gasteiger partial charge on any atom is -0.259 e. The second kappa shape index (κ2) is 3.62. The molecule has 0 N–H and O–H groups in total. The van der Waals surface area contributed by atoms with Gasteiger partial charge in [-0.1, -0.05) is 5.21 Å². The Kier molecular flexibility index (Phi) is 2.11. The molecular weight excluding hydrogens is 219 g/mol. The second-order valence-electron chi connectivity index (χ2n) is 3.74. The van der Waals surface area contributed by atoms with Crippen molar-refractivity contribution in [1.29, 1.82) is 0 Å². The minimum absolute atomic E-state index is 0.268. The fourth-order valence-corrected chi connectivity index (χ4v) is 1.75. The van der Waals surface area contributed by atoms with Crippen molar-refractivity contribution in [2.24, 2.45) is 0 Å². The van der Waals surface area contributed by atoms with E-state index in [1.54, 1.807) is 23.0 Å². The van der Waals surface area contributed by atoms with Gasteiger partial charge in [0.1, 0.15) is 11.3 Å². The van der Waals surface area contributed by atoms with Gasteiger partial charge in [0.05, 0.1) is 16.9 Å². The van der Waals surface area contributed by atoms with Crippen molar-refractivity contribution in [3.63, 3.8) is 0 Å². The summed E-state index contributed by atoms with van der Waals surface area (Å²) in [6.07, 6.45) is 1.71. The fraction of sp³-hybridized carbons (Fsp3) is 0.0833. The van der Waals surface area contributed by atoms with Crippen LogP contribution in [0.3, 0.4) is 0 Å². The molecule has 0 aliphatic heterocycles. The molecule has 0 saturated carbocycles. The average Bonchev–Trinajstić information content (AvgIpc) is 2.75. The molecule has 0 atom stereocenters. The van der Waals surface area contributed by atoms with E-state index in [-0.39, 0.29) is 5.82 Å². The first-order chi connectivity index (χ1) is 8.25. The highest BCUT2D eigenvalue weighted by atomic mass is 19.1. The number of pyridine rings is 1. The monoisotopic (exact) mass is 228 g/mol. The van der Waals surface area contributed by atoms with Crippen molar-refractivity contribution in [2.75, 3.05) is 0 Å². The normalized spacial score (nSPS) is 10.9. The first kappa shape index (κ1) is 9.89. The van der Waals surface area contributed by atoms with Crippen molar-refractivity contribution >= 4 is 11.0 Å². The molecule has 0 amide bonds. The van der Waals surface area contributed by atoms with Gasteiger partial charge in [-0.15, -0.1) is 5.10 Å². The summed E-state index contributed by atoms with van der Waals surface area (Å²) >= 11 is 0. The Morgan fingerprint density at radius 2 is 1.88 bits per heavy atom. The molecule has 0 aliphatic carbocycles. The van der Waals surface area contributed by atoms with Gasteiger partial charge in [-0.05, 0) is 37.3 Å². The molecule has 4 nitrogen and oxygen atoms in total. The Morgan fingerprint density at radius 1 is 1.12 bits per heavy atom. The van der Waals surface area contributed by atoms with E-state index < -0.39 is 0 Å². The predicted octanol–water partition coefficient (Wildman–Crippen LogP) is 2.26. The van der Waals surface area contributed by atoms with E-state index in [9.17, 15) is 4.39 Å². The molecule has 0 radical (unpaired) electrons. The van der Waals surface area contributed by atoms with Crippen molar-refractivity contribution in [1.82, 2.24) is 20.0 Å². The van der Waals surface area contributed by atoms with E-state index in [2.05, 4.69) is 15.3 Å². The van der Waals surface area contributed by atoms with E-state index in [0.717, 1.165) is 22.4 Å². The van der Waals surface area contributed by atoms with Gasteiger partial charge in [-0.25, -0.2) is 9.07 Å². The summed E-state index contributed by atoms with van der Waals surface area (Å²) in [6.45, 7) is 1.88. The molecular formula is C12H9FN4. The summed E-state index contributed by atoms with van der Waals surface area (Å²) in [5, 5.41) is 8.13. The highest BCUT2D eigenvalue weighted by molar-refractivity contribution is 5.77. The van der Waals surface area contributed by atoms with E-state index in [1.165, 1.54) is 12.1 Å². The van der Waals surface area contributed by atoms with Crippen LogP contribution >= 0.6 is 0 Å². The maximum atomic E-state index is 12.9. The summed E-state index contributed by atoms with van der Waals surface area (Å²) < 4.78 is 14.5. The fourth-order valence-electron chi connectivity index (χ4n) is 1.75. The number of nitrogens with zero attached hydrogens (tertiary/aromatic N) is 4. The highest BCUT2D eigenvalue weighted by Gasteiger charge is 2.08. The summed E-state index contributed by atoms with van der Waals surface area (Å²) in [6, 6.07) is 7.97. The van der Waals surface area contributed by atoms with Crippen LogP contribution in [0.5, 0.6) is 0 Å². The SMILES string of the molecule is Cc1nccc2c1nnn2-c1ccc(F)cc1. The summed E-state index contributed by atoms with van der Waals surface area (Å²) in [4.78, 5) is 4.15. The van der Waals surface area contributed by atoms with Gasteiger partial charge in [0.25, 0.3) is 0 Å². The zero-order valence-electron chi connectivity index (χ0n) is 9.13. The first-order valence-electron chi connectivity index (χ1n) is 5.18. The summed E-state index contributed by atoms with van der Waals surface area (Å²) in [5.74, 6) is -0.268. The van der Waals surface area contributed by atoms with Crippen molar-refractivity contribution < 1.29 is 4.39 Å². The molecule has 1 aromatic carbocycles. The largest absolute Gasteiger partial charge is 0.259 e. The van der Waals surface area contributed by atoms with Crippen LogP contribution in [0.15, 0.2) is 36.5 Å². The lowest BCUT2D eigenvalue weighted by Crippen LogP contribution is -1.96. The van der Waals surface area contributed by atoms with E-state index >= 15 is 0 Å². The van der Waals surface area contributed by atoms with E-state index in [1.807, 2.05) is 13.0 Å². The van der Waals surface area contributed by atoms with Crippen molar-refractivity contribution in [3.8, 4) is 5.69 Å². The predicted molar refractivity (Wildman–Crippen MR) is 61.4 cm³/mol. The molecule has 84 valence electrons. The Bertz CT molecular complexity index is 673. The van der Waals surface area contributed by atoms with Crippen LogP contribution in [0.1, 0.15) is 5.69 Å². The standard InChI is InChI=1S/C12H9FN4/c1-8-12-11(6-7-14-8)17(16-15-12)10-4-2-9(13)3-5-10/h2-7H,1H3. The van der Waals surface area contributed by atoms with E-state index in [0.29, 0.717) is 0 Å². The van der Waals surface area contributed by atoms with Crippen molar-refractivity contribution in [3.05, 3.63) is 48.0 Å². The molecule has 2 heterocycles. The molecule has 2 aromatic heterocycles. The zero-order valence-corrected chi connectivity index (χ0v) is 9.13.